The van der Waals surface area contributed by atoms with Crippen molar-refractivity contribution >= 4 is 16.8 Å². The molecule has 0 bridgehead atoms. The highest BCUT2D eigenvalue weighted by atomic mass is 16.5. The van der Waals surface area contributed by atoms with Gasteiger partial charge in [-0.3, -0.25) is 14.7 Å². The minimum Gasteiger partial charge on any atom is -0.381 e. The Kier molecular flexibility index (Phi) is 6.19. The predicted molar refractivity (Wildman–Crippen MR) is 110 cm³/mol. The average molecular weight is 394 g/mol. The molecule has 1 amide bonds. The van der Waals surface area contributed by atoms with E-state index in [1.807, 2.05) is 48.7 Å². The summed E-state index contributed by atoms with van der Waals surface area (Å²) in [6, 6.07) is 15.6. The van der Waals surface area contributed by atoms with Crippen LogP contribution in [-0.2, 0) is 22.5 Å². The fourth-order valence-corrected chi connectivity index (χ4v) is 3.80. The molecular formula is C22H26N4O3. The zero-order valence-corrected chi connectivity index (χ0v) is 16.3. The maximum atomic E-state index is 12.4. The van der Waals surface area contributed by atoms with Crippen LogP contribution in [0.25, 0.3) is 10.9 Å². The van der Waals surface area contributed by atoms with E-state index in [9.17, 15) is 10.0 Å². The second-order valence-corrected chi connectivity index (χ2v) is 7.41. The van der Waals surface area contributed by atoms with E-state index in [-0.39, 0.29) is 0 Å². The van der Waals surface area contributed by atoms with Crippen LogP contribution < -0.4 is 10.8 Å². The van der Waals surface area contributed by atoms with Gasteiger partial charge in [-0.05, 0) is 24.0 Å². The molecule has 1 saturated heterocycles. The molecular weight excluding hydrogens is 368 g/mol. The summed E-state index contributed by atoms with van der Waals surface area (Å²) in [6.45, 7) is 2.32. The minimum atomic E-state index is -0.633. The van der Waals surface area contributed by atoms with Crippen LogP contribution in [0.2, 0.25) is 0 Å². The Morgan fingerprint density at radius 2 is 1.97 bits per heavy atom. The number of hydrogen-bond donors (Lipinski definition) is 3. The number of aromatic nitrogens is 2. The number of carbonyl (C=O) groups excluding carboxylic acids is 1. The molecule has 0 saturated carbocycles. The van der Waals surface area contributed by atoms with Crippen LogP contribution in [0.15, 0.2) is 54.7 Å². The zero-order valence-electron chi connectivity index (χ0n) is 16.3. The van der Waals surface area contributed by atoms with Gasteiger partial charge in [0.25, 0.3) is 5.91 Å². The zero-order chi connectivity index (χ0) is 20.1. The minimum absolute atomic E-state index is 0.441. The molecule has 2 heterocycles. The van der Waals surface area contributed by atoms with Crippen molar-refractivity contribution in [2.24, 2.45) is 0 Å². The van der Waals surface area contributed by atoms with E-state index < -0.39 is 11.9 Å². The molecule has 0 spiro atoms. The summed E-state index contributed by atoms with van der Waals surface area (Å²) in [4.78, 5) is 12.4. The van der Waals surface area contributed by atoms with Crippen LogP contribution in [0.5, 0.6) is 0 Å². The van der Waals surface area contributed by atoms with Crippen LogP contribution in [0.1, 0.15) is 30.0 Å². The normalized spacial score (nSPS) is 16.0. The molecule has 2 aromatic carbocycles. The highest BCUT2D eigenvalue weighted by Crippen LogP contribution is 2.22. The van der Waals surface area contributed by atoms with Gasteiger partial charge in [-0.2, -0.15) is 5.10 Å². The highest BCUT2D eigenvalue weighted by molar-refractivity contribution is 5.83. The lowest BCUT2D eigenvalue weighted by atomic mass is 10.1. The lowest BCUT2D eigenvalue weighted by Gasteiger charge is -2.23. The number of rotatable bonds is 7. The monoisotopic (exact) mass is 394 g/mol. The molecule has 3 N–H and O–H groups in total. The quantitative estimate of drug-likeness (QED) is 0.423. The molecule has 1 aromatic heterocycles. The van der Waals surface area contributed by atoms with Crippen molar-refractivity contribution in [3.05, 3.63) is 65.9 Å². The van der Waals surface area contributed by atoms with E-state index in [2.05, 4.69) is 11.4 Å². The van der Waals surface area contributed by atoms with Crippen LogP contribution in [0.4, 0.5) is 0 Å². The highest BCUT2D eigenvalue weighted by Gasteiger charge is 2.23. The van der Waals surface area contributed by atoms with Gasteiger partial charge < -0.3 is 10.1 Å². The topological polar surface area (TPSA) is 88.4 Å². The first-order chi connectivity index (χ1) is 14.2. The molecule has 0 radical (unpaired) electrons. The molecule has 1 atom stereocenters. The SMILES string of the molecule is O=C(NO)C(Cc1ccccc1)n1cc2cccc(CNC3CCOCC3)c2n1. The standard InChI is InChI=1S/C22H26N4O3/c27-22(25-28)20(13-16-5-2-1-3-6-16)26-15-18-8-4-7-17(21(18)24-26)14-23-19-9-11-29-12-10-19/h1-8,15,19-20,23,28H,9-14H2,(H,25,27). The Labute approximate surface area is 169 Å². The number of nitrogens with one attached hydrogen (secondary N) is 2. The Morgan fingerprint density at radius 3 is 2.72 bits per heavy atom. The summed E-state index contributed by atoms with van der Waals surface area (Å²) in [6.07, 6.45) is 4.34. The molecule has 1 aliphatic rings. The molecule has 29 heavy (non-hydrogen) atoms. The number of hydroxylamine groups is 1. The molecule has 4 rings (SSSR count). The third-order valence-corrected chi connectivity index (χ3v) is 5.44. The summed E-state index contributed by atoms with van der Waals surface area (Å²) in [5, 5.41) is 18.5. The van der Waals surface area contributed by atoms with Gasteiger partial charge in [0.05, 0.1) is 5.52 Å². The van der Waals surface area contributed by atoms with E-state index in [1.54, 1.807) is 10.2 Å². The number of benzene rings is 2. The van der Waals surface area contributed by atoms with Gasteiger partial charge in [0.2, 0.25) is 0 Å². The third kappa shape index (κ3) is 4.64. The number of ether oxygens (including phenoxy) is 1. The molecule has 1 aliphatic heterocycles. The number of fused-ring (bicyclic) bond motifs is 1. The largest absolute Gasteiger partial charge is 0.381 e. The molecule has 1 unspecified atom stereocenters. The molecule has 1 fully saturated rings. The van der Waals surface area contributed by atoms with Crippen molar-refractivity contribution in [3.63, 3.8) is 0 Å². The van der Waals surface area contributed by atoms with Crippen LogP contribution in [0.3, 0.4) is 0 Å². The van der Waals surface area contributed by atoms with Gasteiger partial charge in [0, 0.05) is 43.8 Å². The molecule has 7 heteroatoms. The lowest BCUT2D eigenvalue weighted by Crippen LogP contribution is -2.34. The molecule has 7 nitrogen and oxygen atoms in total. The van der Waals surface area contributed by atoms with Crippen molar-refractivity contribution in [3.8, 4) is 0 Å². The van der Waals surface area contributed by atoms with Crippen molar-refractivity contribution in [2.45, 2.75) is 37.9 Å². The van der Waals surface area contributed by atoms with Gasteiger partial charge in [-0.15, -0.1) is 0 Å². The van der Waals surface area contributed by atoms with E-state index in [4.69, 9.17) is 9.84 Å². The Bertz CT molecular complexity index is 951. The second kappa shape index (κ2) is 9.17. The van der Waals surface area contributed by atoms with Gasteiger partial charge in [-0.1, -0.05) is 48.5 Å². The van der Waals surface area contributed by atoms with Crippen molar-refractivity contribution < 1.29 is 14.7 Å². The third-order valence-electron chi connectivity index (χ3n) is 5.44. The Morgan fingerprint density at radius 1 is 1.17 bits per heavy atom. The van der Waals surface area contributed by atoms with E-state index >= 15 is 0 Å². The molecule has 0 aliphatic carbocycles. The van der Waals surface area contributed by atoms with Crippen LogP contribution in [0, 0.1) is 0 Å². The molecule has 152 valence electrons. The Balaban J connectivity index is 1.58. The van der Waals surface area contributed by atoms with E-state index in [0.717, 1.165) is 48.1 Å². The van der Waals surface area contributed by atoms with Gasteiger partial charge >= 0.3 is 0 Å². The van der Waals surface area contributed by atoms with E-state index in [1.165, 1.54) is 0 Å². The maximum absolute atomic E-state index is 12.4. The first-order valence-electron chi connectivity index (χ1n) is 10.0. The number of carbonyl (C=O) groups is 1. The fourth-order valence-electron chi connectivity index (χ4n) is 3.80. The summed E-state index contributed by atoms with van der Waals surface area (Å²) >= 11 is 0. The van der Waals surface area contributed by atoms with Gasteiger partial charge in [-0.25, -0.2) is 5.48 Å². The maximum Gasteiger partial charge on any atom is 0.268 e. The van der Waals surface area contributed by atoms with Crippen molar-refractivity contribution in [1.82, 2.24) is 20.6 Å². The summed E-state index contributed by atoms with van der Waals surface area (Å²) in [7, 11) is 0. The number of amides is 1. The Hall–Kier alpha value is -2.74. The first-order valence-corrected chi connectivity index (χ1v) is 10.0. The van der Waals surface area contributed by atoms with E-state index in [0.29, 0.717) is 19.0 Å². The predicted octanol–water partition coefficient (Wildman–Crippen LogP) is 2.59. The number of hydrogen-bond acceptors (Lipinski definition) is 5. The number of nitrogens with zero attached hydrogens (tertiary/aromatic N) is 2. The second-order valence-electron chi connectivity index (χ2n) is 7.41. The summed E-state index contributed by atoms with van der Waals surface area (Å²) < 4.78 is 7.07. The van der Waals surface area contributed by atoms with Crippen molar-refractivity contribution in [2.75, 3.05) is 13.2 Å². The average Bonchev–Trinajstić information content (AvgIpc) is 3.21. The summed E-state index contributed by atoms with van der Waals surface area (Å²) in [5.41, 5.74) is 4.75. The van der Waals surface area contributed by atoms with Crippen molar-refractivity contribution in [1.29, 1.82) is 0 Å². The van der Waals surface area contributed by atoms with Gasteiger partial charge in [0.15, 0.2) is 0 Å². The fraction of sp³-hybridized carbons (Fsp3) is 0.364. The first kappa shape index (κ1) is 19.6. The molecule has 3 aromatic rings. The lowest BCUT2D eigenvalue weighted by molar-refractivity contribution is -0.132. The summed E-state index contributed by atoms with van der Waals surface area (Å²) in [5.74, 6) is -0.483. The van der Waals surface area contributed by atoms with Crippen LogP contribution in [-0.4, -0.2) is 40.2 Å². The van der Waals surface area contributed by atoms with Crippen LogP contribution >= 0.6 is 0 Å². The smallest absolute Gasteiger partial charge is 0.268 e. The van der Waals surface area contributed by atoms with Gasteiger partial charge in [0.1, 0.15) is 6.04 Å².